The third-order valence-electron chi connectivity index (χ3n) is 4.43. The highest BCUT2D eigenvalue weighted by atomic mass is 31.1. The van der Waals surface area contributed by atoms with E-state index in [1.807, 2.05) is 0 Å². The van der Waals surface area contributed by atoms with Crippen molar-refractivity contribution in [1.29, 1.82) is 0 Å². The lowest BCUT2D eigenvalue weighted by atomic mass is 10.1. The number of nitrogens with two attached hydrogens (primary N) is 1. The molecule has 2 unspecified atom stereocenters. The number of aliphatic hydroxyl groups excluding tert-OH is 1. The van der Waals surface area contributed by atoms with E-state index >= 15 is 0 Å². The topological polar surface area (TPSA) is 92.4 Å². The first-order chi connectivity index (χ1) is 13.6. The number of carbonyl (C=O) groups is 1. The van der Waals surface area contributed by atoms with Crippen LogP contribution in [0.2, 0.25) is 0 Å². The van der Waals surface area contributed by atoms with Gasteiger partial charge in [-0.05, 0) is 38.5 Å². The molecule has 0 aliphatic carbocycles. The van der Waals surface area contributed by atoms with Crippen molar-refractivity contribution in [3.05, 3.63) is 24.3 Å². The number of nitrogens with one attached hydrogen (secondary N) is 1. The first-order valence-corrected chi connectivity index (χ1v) is 12.6. The second kappa shape index (κ2) is 20.7. The molecule has 0 aliphatic heterocycles. The molecule has 6 heteroatoms. The van der Waals surface area contributed by atoms with E-state index in [1.54, 1.807) is 0 Å². The summed E-state index contributed by atoms with van der Waals surface area (Å²) < 4.78 is 11.5. The molecule has 4 N–H and O–H groups in total. The normalized spacial score (nSPS) is 13.3. The Morgan fingerprint density at radius 3 is 2.25 bits per heavy atom. The number of rotatable bonds is 19. The summed E-state index contributed by atoms with van der Waals surface area (Å²) in [5.74, 6) is 0.0161. The zero-order chi connectivity index (χ0) is 20.9. The van der Waals surface area contributed by atoms with Crippen molar-refractivity contribution in [2.24, 2.45) is 5.73 Å². The Balaban J connectivity index is 3.37. The van der Waals surface area contributed by atoms with Gasteiger partial charge in [0.2, 0.25) is 5.91 Å². The second-order valence-corrected chi connectivity index (χ2v) is 9.06. The third kappa shape index (κ3) is 21.3. The summed E-state index contributed by atoms with van der Waals surface area (Å²) in [7, 11) is -1.53. The number of hydrogen-bond donors (Lipinski definition) is 3. The Bertz CT molecular complexity index is 451. The number of allylic oxidation sites excluding steroid dienone is 4. The standard InChI is InChI=1S/C22H41N2O3P/c1-2-3-4-5-6-7-8-9-10-11-12-13-14-15-16-17-22(26)24-18-19-28(27)20-21(23)25/h6-7,9-10,21,25H,2-5,8,11-20,23H2,1H3/p+1. The van der Waals surface area contributed by atoms with E-state index in [4.69, 9.17) is 10.8 Å². The smallest absolute Gasteiger partial charge is 0.344 e. The van der Waals surface area contributed by atoms with Crippen LogP contribution in [-0.2, 0) is 9.36 Å². The van der Waals surface area contributed by atoms with Crippen LogP contribution in [0.15, 0.2) is 24.3 Å². The van der Waals surface area contributed by atoms with E-state index < -0.39 is 14.0 Å². The van der Waals surface area contributed by atoms with E-state index in [-0.39, 0.29) is 12.1 Å². The molecular formula is C22H42N2O3P+. The van der Waals surface area contributed by atoms with Gasteiger partial charge in [0.25, 0.3) is 0 Å². The summed E-state index contributed by atoms with van der Waals surface area (Å²) in [6.45, 7) is 2.62. The molecule has 0 saturated heterocycles. The SMILES string of the molecule is CCCCCC=CCC=CCCCCCCCC(=O)NCC[P+](=O)CC(N)O. The van der Waals surface area contributed by atoms with Gasteiger partial charge in [0, 0.05) is 6.42 Å². The van der Waals surface area contributed by atoms with Crippen LogP contribution < -0.4 is 11.1 Å². The first kappa shape index (κ1) is 27.0. The number of hydrogen-bond acceptors (Lipinski definition) is 4. The van der Waals surface area contributed by atoms with Gasteiger partial charge in [0.05, 0.1) is 6.54 Å². The summed E-state index contributed by atoms with van der Waals surface area (Å²) in [5, 5.41) is 11.7. The molecule has 0 fully saturated rings. The highest BCUT2D eigenvalue weighted by molar-refractivity contribution is 7.44. The highest BCUT2D eigenvalue weighted by Gasteiger charge is 2.18. The van der Waals surface area contributed by atoms with E-state index in [0.29, 0.717) is 19.1 Å². The van der Waals surface area contributed by atoms with Crippen LogP contribution in [0.4, 0.5) is 0 Å². The largest absolute Gasteiger partial charge is 0.374 e. The van der Waals surface area contributed by atoms with Crippen LogP contribution in [0, 0.1) is 0 Å². The molecule has 28 heavy (non-hydrogen) atoms. The minimum atomic E-state index is -1.53. The van der Waals surface area contributed by atoms with Gasteiger partial charge in [-0.25, -0.2) is 0 Å². The van der Waals surface area contributed by atoms with Crippen molar-refractivity contribution in [2.75, 3.05) is 18.9 Å². The average Bonchev–Trinajstić information content (AvgIpc) is 2.64. The highest BCUT2D eigenvalue weighted by Crippen LogP contribution is 2.18. The first-order valence-electron chi connectivity index (χ1n) is 11.0. The van der Waals surface area contributed by atoms with Gasteiger partial charge in [-0.3, -0.25) is 4.79 Å². The number of carbonyl (C=O) groups excluding carboxylic acids is 1. The van der Waals surface area contributed by atoms with Crippen LogP contribution in [-0.4, -0.2) is 36.1 Å². The predicted octanol–water partition coefficient (Wildman–Crippen LogP) is 5.02. The fraction of sp³-hybridized carbons (Fsp3) is 0.773. The van der Waals surface area contributed by atoms with Crippen LogP contribution in [0.25, 0.3) is 0 Å². The minimum absolute atomic E-state index is 0.0161. The van der Waals surface area contributed by atoms with Crippen molar-refractivity contribution in [1.82, 2.24) is 5.32 Å². The number of amides is 1. The summed E-state index contributed by atoms with van der Waals surface area (Å²) >= 11 is 0. The van der Waals surface area contributed by atoms with Gasteiger partial charge in [0.15, 0.2) is 12.3 Å². The molecule has 0 aliphatic rings. The molecule has 0 radical (unpaired) electrons. The third-order valence-corrected chi connectivity index (χ3v) is 5.93. The zero-order valence-corrected chi connectivity index (χ0v) is 18.7. The monoisotopic (exact) mass is 413 g/mol. The fourth-order valence-corrected chi connectivity index (χ4v) is 3.77. The molecule has 0 aromatic carbocycles. The molecule has 0 rings (SSSR count). The van der Waals surface area contributed by atoms with Gasteiger partial charge in [-0.1, -0.05) is 67.9 Å². The molecule has 0 saturated carbocycles. The Hall–Kier alpha value is -1.03. The second-order valence-electron chi connectivity index (χ2n) is 7.29. The van der Waals surface area contributed by atoms with E-state index in [1.165, 1.54) is 44.9 Å². The van der Waals surface area contributed by atoms with Crippen molar-refractivity contribution in [3.8, 4) is 0 Å². The predicted molar refractivity (Wildman–Crippen MR) is 120 cm³/mol. The van der Waals surface area contributed by atoms with Gasteiger partial charge in [-0.15, -0.1) is 0 Å². The van der Waals surface area contributed by atoms with E-state index in [2.05, 4.69) is 36.5 Å². The van der Waals surface area contributed by atoms with Gasteiger partial charge < -0.3 is 16.2 Å². The summed E-state index contributed by atoms with van der Waals surface area (Å²) in [6.07, 6.45) is 21.9. The summed E-state index contributed by atoms with van der Waals surface area (Å²) in [5.41, 5.74) is 5.17. The maximum Gasteiger partial charge on any atom is 0.344 e. The molecule has 162 valence electrons. The van der Waals surface area contributed by atoms with E-state index in [9.17, 15) is 9.36 Å². The molecular weight excluding hydrogens is 371 g/mol. The number of unbranched alkanes of at least 4 members (excludes halogenated alkanes) is 8. The van der Waals surface area contributed by atoms with Crippen molar-refractivity contribution < 1.29 is 14.5 Å². The molecule has 0 aromatic heterocycles. The van der Waals surface area contributed by atoms with Crippen LogP contribution in [0.3, 0.4) is 0 Å². The van der Waals surface area contributed by atoms with Gasteiger partial charge >= 0.3 is 7.80 Å². The quantitative estimate of drug-likeness (QED) is 0.120. The maximum atomic E-state index is 11.7. The lowest BCUT2D eigenvalue weighted by molar-refractivity contribution is -0.121. The zero-order valence-electron chi connectivity index (χ0n) is 17.8. The Morgan fingerprint density at radius 2 is 1.61 bits per heavy atom. The molecule has 0 aromatic rings. The van der Waals surface area contributed by atoms with Gasteiger partial charge in [0.1, 0.15) is 6.23 Å². The summed E-state index contributed by atoms with van der Waals surface area (Å²) in [4.78, 5) is 11.7. The van der Waals surface area contributed by atoms with Crippen LogP contribution in [0.1, 0.15) is 84.0 Å². The van der Waals surface area contributed by atoms with Gasteiger partial charge in [-0.2, -0.15) is 0 Å². The molecule has 1 amide bonds. The molecule has 0 bridgehead atoms. The molecule has 5 nitrogen and oxygen atoms in total. The van der Waals surface area contributed by atoms with Crippen molar-refractivity contribution in [2.45, 2.75) is 90.2 Å². The molecule has 0 heterocycles. The lowest BCUT2D eigenvalue weighted by Crippen LogP contribution is -2.27. The Kier molecular flexibility index (Phi) is 19.9. The fourth-order valence-electron chi connectivity index (χ4n) is 2.81. The molecule has 2 atom stereocenters. The lowest BCUT2D eigenvalue weighted by Gasteiger charge is -2.03. The average molecular weight is 414 g/mol. The van der Waals surface area contributed by atoms with Crippen molar-refractivity contribution in [3.63, 3.8) is 0 Å². The summed E-state index contributed by atoms with van der Waals surface area (Å²) in [6, 6.07) is 0. The Morgan fingerprint density at radius 1 is 1.00 bits per heavy atom. The Labute approximate surface area is 173 Å². The molecule has 0 spiro atoms. The maximum absolute atomic E-state index is 11.7. The van der Waals surface area contributed by atoms with E-state index in [0.717, 1.165) is 25.7 Å². The minimum Gasteiger partial charge on any atom is -0.374 e. The van der Waals surface area contributed by atoms with Crippen molar-refractivity contribution >= 4 is 13.7 Å². The van der Waals surface area contributed by atoms with Crippen LogP contribution >= 0.6 is 7.80 Å². The number of aliphatic hydroxyl groups is 1. The van der Waals surface area contributed by atoms with Crippen LogP contribution in [0.5, 0.6) is 0 Å².